The molecule has 0 radical (unpaired) electrons. The first-order valence-electron chi connectivity index (χ1n) is 2.24. The molecule has 0 fully saturated rings. The summed E-state index contributed by atoms with van der Waals surface area (Å²) in [5.41, 5.74) is 4.57. The van der Waals surface area contributed by atoms with Crippen LogP contribution in [0.15, 0.2) is 0 Å². The Kier molecular flexibility index (Phi) is 25.2. The summed E-state index contributed by atoms with van der Waals surface area (Å²) >= 11 is 0. The van der Waals surface area contributed by atoms with Gasteiger partial charge in [-0.25, -0.2) is 0 Å². The minimum absolute atomic E-state index is 0.278. The maximum atomic E-state index is 9.24. The van der Waals surface area contributed by atoms with Crippen LogP contribution in [0.25, 0.3) is 0 Å². The number of hydrogen-bond donors (Lipinski definition) is 6. The predicted octanol–water partition coefficient (Wildman–Crippen LogP) is -2.17. The van der Waals surface area contributed by atoms with Gasteiger partial charge in [0, 0.05) is 7.11 Å². The lowest BCUT2D eigenvalue weighted by molar-refractivity contribution is -0.135. The molecule has 0 saturated carbocycles. The van der Waals surface area contributed by atoms with E-state index in [9.17, 15) is 4.79 Å². The Labute approximate surface area is 64.7 Å². The maximum Gasteiger partial charge on any atom is 0.324 e. The average molecular weight is 189 g/mol. The zero-order valence-corrected chi connectivity index (χ0v) is 6.77. The van der Waals surface area contributed by atoms with Crippen molar-refractivity contribution in [3.05, 3.63) is 0 Å². The quantitative estimate of drug-likeness (QED) is 0.257. The molecule has 0 heterocycles. The van der Waals surface area contributed by atoms with Gasteiger partial charge in [-0.15, -0.1) is 0 Å². The number of carbonyl (C=O) groups is 1. The van der Waals surface area contributed by atoms with Crippen molar-refractivity contribution in [1.29, 1.82) is 0 Å². The Morgan fingerprint density at radius 1 is 1.36 bits per heavy atom. The molecule has 0 aliphatic carbocycles. The predicted molar refractivity (Wildman–Crippen MR) is 38.4 cm³/mol. The van der Waals surface area contributed by atoms with E-state index in [2.05, 4.69) is 5.73 Å². The number of aliphatic hydroxyl groups excluding tert-OH is 1. The first kappa shape index (κ1) is 17.0. The van der Waals surface area contributed by atoms with E-state index in [-0.39, 0.29) is 6.54 Å². The third kappa shape index (κ3) is 199. The molecule has 0 amide bonds. The lowest BCUT2D eigenvalue weighted by Gasteiger charge is -1.76. The molecule has 0 aliphatic rings. The van der Waals surface area contributed by atoms with Crippen molar-refractivity contribution >= 4 is 14.6 Å². The highest BCUT2D eigenvalue weighted by molar-refractivity contribution is 7.38. The van der Waals surface area contributed by atoms with E-state index < -0.39 is 14.6 Å². The Morgan fingerprint density at radius 2 is 1.45 bits per heavy atom. The molecule has 0 rings (SSSR count). The van der Waals surface area contributed by atoms with Gasteiger partial charge >= 0.3 is 14.6 Å². The van der Waals surface area contributed by atoms with Crippen LogP contribution in [0.4, 0.5) is 0 Å². The van der Waals surface area contributed by atoms with Crippen molar-refractivity contribution in [3.63, 3.8) is 0 Å². The lowest BCUT2D eigenvalue weighted by Crippen LogP contribution is -2.10. The van der Waals surface area contributed by atoms with Gasteiger partial charge in [-0.2, -0.15) is 0 Å². The van der Waals surface area contributed by atoms with E-state index in [1.807, 2.05) is 0 Å². The first-order valence-corrected chi connectivity index (χ1v) is 3.44. The van der Waals surface area contributed by atoms with Gasteiger partial charge in [0.15, 0.2) is 0 Å². The molecule has 0 aromatic carbocycles. The van der Waals surface area contributed by atoms with Crippen molar-refractivity contribution < 1.29 is 29.7 Å². The number of carboxylic acid groups (broad SMARTS) is 1. The summed E-state index contributed by atoms with van der Waals surface area (Å²) in [5, 5.41) is 14.6. The third-order valence-electron chi connectivity index (χ3n) is 0.175. The molecule has 7 N–H and O–H groups in total. The molecule has 0 unspecified atom stereocenters. The molecule has 0 aromatic heterocycles. The van der Waals surface area contributed by atoms with Crippen molar-refractivity contribution in [2.75, 3.05) is 13.7 Å². The zero-order valence-electron chi connectivity index (χ0n) is 5.88. The number of hydrogen-bond acceptors (Lipinski definition) is 6. The summed E-state index contributed by atoms with van der Waals surface area (Å²) in [6.45, 7) is -0.278. The zero-order chi connectivity index (χ0) is 9.86. The molecular formula is C3H12NO6P. The Bertz CT molecular complexity index is 75.5. The molecule has 8 heteroatoms. The van der Waals surface area contributed by atoms with Gasteiger partial charge < -0.3 is 30.6 Å². The van der Waals surface area contributed by atoms with Gasteiger partial charge in [-0.05, 0) is 0 Å². The Hall–Kier alpha value is -0.300. The normalized spacial score (nSPS) is 7.18. The van der Waals surface area contributed by atoms with Crippen LogP contribution in [0, 0.1) is 0 Å². The second kappa shape index (κ2) is 16.4. The molecular weight excluding hydrogens is 177 g/mol. The number of nitrogens with two attached hydrogens (primary N) is 1. The molecule has 0 bridgehead atoms. The van der Waals surface area contributed by atoms with Gasteiger partial charge in [0.25, 0.3) is 0 Å². The fourth-order valence-electron chi connectivity index (χ4n) is 0. The van der Waals surface area contributed by atoms with Gasteiger partial charge in [-0.1, -0.05) is 0 Å². The topological polar surface area (TPSA) is 144 Å². The van der Waals surface area contributed by atoms with Crippen molar-refractivity contribution in [2.24, 2.45) is 5.73 Å². The van der Waals surface area contributed by atoms with Crippen LogP contribution in [0.2, 0.25) is 0 Å². The summed E-state index contributed by atoms with van der Waals surface area (Å²) < 4.78 is 0. The van der Waals surface area contributed by atoms with Crippen LogP contribution in [0.1, 0.15) is 0 Å². The Balaban J connectivity index is -0.0000000965. The average Bonchev–Trinajstić information content (AvgIpc) is 1.91. The van der Waals surface area contributed by atoms with Crippen LogP contribution in [0.5, 0.6) is 0 Å². The second-order valence-corrected chi connectivity index (χ2v) is 1.40. The van der Waals surface area contributed by atoms with Gasteiger partial charge in [0.1, 0.15) is 0 Å². The molecule has 11 heavy (non-hydrogen) atoms. The first-order chi connectivity index (χ1) is 5.00. The minimum Gasteiger partial charge on any atom is -0.480 e. The summed E-state index contributed by atoms with van der Waals surface area (Å²) in [4.78, 5) is 30.9. The number of aliphatic hydroxyl groups is 1. The van der Waals surface area contributed by atoms with E-state index in [1.165, 1.54) is 0 Å². The standard InChI is InChI=1S/C2H5NO2.CH4O.H3O3P/c3-1-2(4)5;1-2;1-4(2)3/h1,3H2,(H,4,5);2H,1H3;1-3H. The highest BCUT2D eigenvalue weighted by Gasteiger charge is 1.81. The number of rotatable bonds is 1. The van der Waals surface area contributed by atoms with Crippen molar-refractivity contribution in [2.45, 2.75) is 0 Å². The summed E-state index contributed by atoms with van der Waals surface area (Å²) in [5.74, 6) is -0.968. The minimum atomic E-state index is -2.62. The van der Waals surface area contributed by atoms with Gasteiger partial charge in [-0.3, -0.25) is 4.79 Å². The smallest absolute Gasteiger partial charge is 0.324 e. The monoisotopic (exact) mass is 189 g/mol. The van der Waals surface area contributed by atoms with Crippen LogP contribution in [0.3, 0.4) is 0 Å². The van der Waals surface area contributed by atoms with E-state index in [0.717, 1.165) is 7.11 Å². The van der Waals surface area contributed by atoms with Gasteiger partial charge in [0.2, 0.25) is 0 Å². The molecule has 0 atom stereocenters. The molecule has 0 aromatic rings. The molecule has 0 spiro atoms. The van der Waals surface area contributed by atoms with Crippen molar-refractivity contribution in [1.82, 2.24) is 0 Å². The fraction of sp³-hybridized carbons (Fsp3) is 0.667. The number of carboxylic acids is 1. The largest absolute Gasteiger partial charge is 0.480 e. The highest BCUT2D eigenvalue weighted by Crippen LogP contribution is 2.11. The third-order valence-corrected chi connectivity index (χ3v) is 0.175. The van der Waals surface area contributed by atoms with Crippen LogP contribution >= 0.6 is 8.60 Å². The fourth-order valence-corrected chi connectivity index (χ4v) is 0. The number of aliphatic carboxylic acids is 1. The van der Waals surface area contributed by atoms with E-state index in [0.29, 0.717) is 0 Å². The van der Waals surface area contributed by atoms with Crippen LogP contribution in [-0.4, -0.2) is 44.5 Å². The summed E-state index contributed by atoms with van der Waals surface area (Å²) in [7, 11) is -1.62. The van der Waals surface area contributed by atoms with Gasteiger partial charge in [0.05, 0.1) is 6.54 Å². The maximum absolute atomic E-state index is 9.24. The molecule has 0 saturated heterocycles. The molecule has 7 nitrogen and oxygen atoms in total. The van der Waals surface area contributed by atoms with E-state index in [1.54, 1.807) is 0 Å². The highest BCUT2D eigenvalue weighted by atomic mass is 31.2. The summed E-state index contributed by atoms with van der Waals surface area (Å²) in [6, 6.07) is 0. The van der Waals surface area contributed by atoms with Crippen molar-refractivity contribution in [3.8, 4) is 0 Å². The van der Waals surface area contributed by atoms with Crippen LogP contribution < -0.4 is 5.73 Å². The Morgan fingerprint density at radius 3 is 1.45 bits per heavy atom. The molecule has 0 aliphatic heterocycles. The summed E-state index contributed by atoms with van der Waals surface area (Å²) in [6.07, 6.45) is 0. The second-order valence-electron chi connectivity index (χ2n) is 0.866. The van der Waals surface area contributed by atoms with E-state index >= 15 is 0 Å². The van der Waals surface area contributed by atoms with Crippen LogP contribution in [-0.2, 0) is 4.79 Å². The van der Waals surface area contributed by atoms with E-state index in [4.69, 9.17) is 24.9 Å². The molecule has 70 valence electrons. The SMILES string of the molecule is CO.NCC(=O)O.OP(O)O. The lowest BCUT2D eigenvalue weighted by atomic mass is 10.7.